The van der Waals surface area contributed by atoms with Gasteiger partial charge in [0, 0.05) is 12.6 Å². The molecule has 0 spiro atoms. The molecule has 2 aliphatic rings. The number of aliphatic carboxylic acids is 1. The highest BCUT2D eigenvalue weighted by Crippen LogP contribution is 2.38. The second-order valence-electron chi connectivity index (χ2n) is 6.64. The number of carbonyl (C=O) groups is 2. The number of amides is 1. The highest BCUT2D eigenvalue weighted by Gasteiger charge is 2.44. The third kappa shape index (κ3) is 2.93. The van der Waals surface area contributed by atoms with Gasteiger partial charge in [-0.2, -0.15) is 0 Å². The molecule has 19 heavy (non-hydrogen) atoms. The number of rotatable bonds is 2. The molecule has 1 amide bonds. The first-order valence-corrected chi connectivity index (χ1v) is 7.43. The Morgan fingerprint density at radius 3 is 2.21 bits per heavy atom. The van der Waals surface area contributed by atoms with Gasteiger partial charge < -0.3 is 10.0 Å². The minimum atomic E-state index is -0.805. The zero-order chi connectivity index (χ0) is 14.2. The van der Waals surface area contributed by atoms with Gasteiger partial charge in [-0.3, -0.25) is 9.59 Å². The number of hydrogen-bond donors (Lipinski definition) is 1. The van der Waals surface area contributed by atoms with Gasteiger partial charge in [-0.1, -0.05) is 13.8 Å². The quantitative estimate of drug-likeness (QED) is 0.835. The smallest absolute Gasteiger partial charge is 0.307 e. The Morgan fingerprint density at radius 2 is 1.63 bits per heavy atom. The first-order valence-electron chi connectivity index (χ1n) is 7.43. The lowest BCUT2D eigenvalue weighted by atomic mass is 9.89. The molecule has 5 unspecified atom stereocenters. The summed E-state index contributed by atoms with van der Waals surface area (Å²) in [6.07, 6.45) is 3.45. The molecule has 0 bridgehead atoms. The molecule has 2 rings (SSSR count). The average molecular weight is 267 g/mol. The highest BCUT2D eigenvalue weighted by molar-refractivity contribution is 5.85. The van der Waals surface area contributed by atoms with E-state index in [1.807, 2.05) is 11.8 Å². The van der Waals surface area contributed by atoms with Crippen molar-refractivity contribution in [3.8, 4) is 0 Å². The van der Waals surface area contributed by atoms with Crippen LogP contribution in [0, 0.1) is 23.7 Å². The zero-order valence-corrected chi connectivity index (χ0v) is 12.1. The second-order valence-corrected chi connectivity index (χ2v) is 6.64. The summed E-state index contributed by atoms with van der Waals surface area (Å²) in [6, 6.07) is 0.251. The van der Waals surface area contributed by atoms with E-state index in [0.717, 1.165) is 25.8 Å². The SMILES string of the molecule is CC1CC(C(=O)O)C(C(=O)N2CCC(C)CC2C)C1. The fraction of sp³-hybridized carbons (Fsp3) is 0.867. The summed E-state index contributed by atoms with van der Waals surface area (Å²) in [7, 11) is 0. The molecule has 4 nitrogen and oxygen atoms in total. The van der Waals surface area contributed by atoms with Gasteiger partial charge in [0.1, 0.15) is 0 Å². The van der Waals surface area contributed by atoms with E-state index in [1.54, 1.807) is 0 Å². The minimum Gasteiger partial charge on any atom is -0.481 e. The molecule has 1 aliphatic heterocycles. The van der Waals surface area contributed by atoms with Crippen molar-refractivity contribution < 1.29 is 14.7 Å². The van der Waals surface area contributed by atoms with Crippen LogP contribution in [0.5, 0.6) is 0 Å². The summed E-state index contributed by atoms with van der Waals surface area (Å²) >= 11 is 0. The molecule has 4 heteroatoms. The Balaban J connectivity index is 2.08. The molecule has 0 radical (unpaired) electrons. The number of hydrogen-bond acceptors (Lipinski definition) is 2. The molecular formula is C15H25NO3. The highest BCUT2D eigenvalue weighted by atomic mass is 16.4. The van der Waals surface area contributed by atoms with E-state index < -0.39 is 11.9 Å². The molecule has 0 aromatic heterocycles. The Morgan fingerprint density at radius 1 is 1.00 bits per heavy atom. The van der Waals surface area contributed by atoms with Gasteiger partial charge in [0.25, 0.3) is 0 Å². The van der Waals surface area contributed by atoms with Crippen molar-refractivity contribution in [1.82, 2.24) is 4.90 Å². The van der Waals surface area contributed by atoms with Crippen molar-refractivity contribution in [3.05, 3.63) is 0 Å². The molecule has 0 aromatic rings. The topological polar surface area (TPSA) is 57.6 Å². The molecular weight excluding hydrogens is 242 g/mol. The maximum Gasteiger partial charge on any atom is 0.307 e. The van der Waals surface area contributed by atoms with Crippen LogP contribution >= 0.6 is 0 Å². The van der Waals surface area contributed by atoms with Crippen LogP contribution in [-0.4, -0.2) is 34.5 Å². The van der Waals surface area contributed by atoms with Crippen molar-refractivity contribution in [3.63, 3.8) is 0 Å². The lowest BCUT2D eigenvalue weighted by molar-refractivity contribution is -0.150. The fourth-order valence-corrected chi connectivity index (χ4v) is 3.79. The average Bonchev–Trinajstić information content (AvgIpc) is 2.70. The minimum absolute atomic E-state index is 0.0798. The van der Waals surface area contributed by atoms with Gasteiger partial charge >= 0.3 is 5.97 Å². The van der Waals surface area contributed by atoms with Gasteiger partial charge in [-0.15, -0.1) is 0 Å². The van der Waals surface area contributed by atoms with Gasteiger partial charge in [-0.05, 0) is 44.4 Å². The first kappa shape index (κ1) is 14.4. The number of carbonyl (C=O) groups excluding carboxylic acids is 1. The lowest BCUT2D eigenvalue weighted by Gasteiger charge is -2.38. The van der Waals surface area contributed by atoms with Gasteiger partial charge in [0.05, 0.1) is 11.8 Å². The van der Waals surface area contributed by atoms with Crippen LogP contribution in [-0.2, 0) is 9.59 Å². The van der Waals surface area contributed by atoms with Crippen LogP contribution in [0.25, 0.3) is 0 Å². The third-order valence-electron chi connectivity index (χ3n) is 4.85. The van der Waals surface area contributed by atoms with E-state index in [1.165, 1.54) is 0 Å². The number of carboxylic acid groups (broad SMARTS) is 1. The van der Waals surface area contributed by atoms with E-state index in [9.17, 15) is 14.7 Å². The normalized spacial score (nSPS) is 39.3. The lowest BCUT2D eigenvalue weighted by Crippen LogP contribution is -2.48. The predicted octanol–water partition coefficient (Wildman–Crippen LogP) is 2.38. The van der Waals surface area contributed by atoms with Crippen LogP contribution < -0.4 is 0 Å². The van der Waals surface area contributed by atoms with Gasteiger partial charge in [-0.25, -0.2) is 0 Å². The molecule has 1 aliphatic carbocycles. The molecule has 5 atom stereocenters. The van der Waals surface area contributed by atoms with E-state index in [4.69, 9.17) is 0 Å². The van der Waals surface area contributed by atoms with Gasteiger partial charge in [0.2, 0.25) is 5.91 Å². The first-order chi connectivity index (χ1) is 8.90. The van der Waals surface area contributed by atoms with E-state index in [2.05, 4.69) is 13.8 Å². The summed E-state index contributed by atoms with van der Waals surface area (Å²) in [6.45, 7) is 7.14. The molecule has 1 N–H and O–H groups in total. The summed E-state index contributed by atoms with van der Waals surface area (Å²) in [5.41, 5.74) is 0. The van der Waals surface area contributed by atoms with Crippen LogP contribution in [0.1, 0.15) is 46.5 Å². The van der Waals surface area contributed by atoms with Gasteiger partial charge in [0.15, 0.2) is 0 Å². The maximum atomic E-state index is 12.6. The standard InChI is InChI=1S/C15H25NO3/c1-9-4-5-16(11(3)6-9)14(17)12-7-10(2)8-13(12)15(18)19/h9-13H,4-8H2,1-3H3,(H,18,19). The summed E-state index contributed by atoms with van der Waals surface area (Å²) in [5, 5.41) is 9.29. The predicted molar refractivity (Wildman–Crippen MR) is 72.6 cm³/mol. The Kier molecular flexibility index (Phi) is 4.16. The molecule has 0 aromatic carbocycles. The Labute approximate surface area is 115 Å². The molecule has 1 saturated carbocycles. The molecule has 1 saturated heterocycles. The number of piperidine rings is 1. The Bertz CT molecular complexity index is 368. The number of likely N-dealkylation sites (tertiary alicyclic amines) is 1. The number of nitrogens with zero attached hydrogens (tertiary/aromatic N) is 1. The summed E-state index contributed by atoms with van der Waals surface area (Å²) in [5.74, 6) is -0.500. The zero-order valence-electron chi connectivity index (χ0n) is 12.1. The van der Waals surface area contributed by atoms with E-state index in [0.29, 0.717) is 18.3 Å². The van der Waals surface area contributed by atoms with Crippen molar-refractivity contribution in [2.24, 2.45) is 23.7 Å². The maximum absolute atomic E-state index is 12.6. The monoisotopic (exact) mass is 267 g/mol. The fourth-order valence-electron chi connectivity index (χ4n) is 3.79. The summed E-state index contributed by atoms with van der Waals surface area (Å²) < 4.78 is 0. The van der Waals surface area contributed by atoms with Crippen molar-refractivity contribution in [2.75, 3.05) is 6.54 Å². The second kappa shape index (κ2) is 5.51. The van der Waals surface area contributed by atoms with Crippen LogP contribution in [0.4, 0.5) is 0 Å². The number of carboxylic acids is 1. The van der Waals surface area contributed by atoms with Crippen molar-refractivity contribution >= 4 is 11.9 Å². The van der Waals surface area contributed by atoms with Crippen molar-refractivity contribution in [1.29, 1.82) is 0 Å². The van der Waals surface area contributed by atoms with Crippen LogP contribution in [0.15, 0.2) is 0 Å². The van der Waals surface area contributed by atoms with E-state index >= 15 is 0 Å². The third-order valence-corrected chi connectivity index (χ3v) is 4.85. The van der Waals surface area contributed by atoms with Crippen LogP contribution in [0.3, 0.4) is 0 Å². The summed E-state index contributed by atoms with van der Waals surface area (Å²) in [4.78, 5) is 25.9. The van der Waals surface area contributed by atoms with Crippen LogP contribution in [0.2, 0.25) is 0 Å². The molecule has 108 valence electrons. The molecule has 2 fully saturated rings. The Hall–Kier alpha value is -1.06. The largest absolute Gasteiger partial charge is 0.481 e. The van der Waals surface area contributed by atoms with E-state index in [-0.39, 0.29) is 17.9 Å². The molecule has 1 heterocycles. The van der Waals surface area contributed by atoms with Crippen molar-refractivity contribution in [2.45, 2.75) is 52.5 Å².